The molecule has 4 aromatic rings. The molecule has 0 saturated heterocycles. The number of nitrogens with zero attached hydrogens (tertiary/aromatic N) is 4. The molecule has 5 heteroatoms. The summed E-state index contributed by atoms with van der Waals surface area (Å²) in [6, 6.07) is 8.11. The maximum Gasteiger partial charge on any atom is 0.141 e. The third-order valence-corrected chi connectivity index (χ3v) is 3.68. The summed E-state index contributed by atoms with van der Waals surface area (Å²) >= 11 is 0. The maximum atomic E-state index is 4.74. The Morgan fingerprint density at radius 1 is 0.909 bits per heavy atom. The molecule has 5 nitrogen and oxygen atoms in total. The SMILES string of the molecule is Cc1ccncc1-c1cccc2[nH]c(-c3cncnc3)nc12. The van der Waals surface area contributed by atoms with Crippen molar-refractivity contribution < 1.29 is 0 Å². The molecule has 0 saturated carbocycles. The van der Waals surface area contributed by atoms with Crippen molar-refractivity contribution in [2.45, 2.75) is 6.92 Å². The van der Waals surface area contributed by atoms with Crippen molar-refractivity contribution in [2.75, 3.05) is 0 Å². The van der Waals surface area contributed by atoms with Gasteiger partial charge in [-0.1, -0.05) is 12.1 Å². The van der Waals surface area contributed by atoms with E-state index in [1.165, 1.54) is 11.9 Å². The summed E-state index contributed by atoms with van der Waals surface area (Å²) in [6.45, 7) is 2.08. The Labute approximate surface area is 127 Å². The molecule has 106 valence electrons. The molecular formula is C17H13N5. The Morgan fingerprint density at radius 3 is 2.59 bits per heavy atom. The van der Waals surface area contributed by atoms with Crippen LogP contribution in [0.2, 0.25) is 0 Å². The van der Waals surface area contributed by atoms with E-state index in [4.69, 9.17) is 4.98 Å². The summed E-state index contributed by atoms with van der Waals surface area (Å²) in [5, 5.41) is 0. The minimum Gasteiger partial charge on any atom is -0.338 e. The quantitative estimate of drug-likeness (QED) is 0.613. The van der Waals surface area contributed by atoms with Crippen molar-refractivity contribution in [3.05, 3.63) is 60.9 Å². The molecule has 4 rings (SSSR count). The fourth-order valence-corrected chi connectivity index (χ4v) is 2.55. The van der Waals surface area contributed by atoms with E-state index in [1.54, 1.807) is 18.6 Å². The van der Waals surface area contributed by atoms with Gasteiger partial charge < -0.3 is 4.98 Å². The average Bonchev–Trinajstić information content (AvgIpc) is 3.00. The molecule has 0 spiro atoms. The molecule has 0 radical (unpaired) electrons. The number of aromatic nitrogens is 5. The highest BCUT2D eigenvalue weighted by molar-refractivity contribution is 5.94. The van der Waals surface area contributed by atoms with Crippen LogP contribution in [0.25, 0.3) is 33.5 Å². The van der Waals surface area contributed by atoms with E-state index >= 15 is 0 Å². The van der Waals surface area contributed by atoms with Gasteiger partial charge in [0.25, 0.3) is 0 Å². The van der Waals surface area contributed by atoms with Gasteiger partial charge in [-0.2, -0.15) is 0 Å². The van der Waals surface area contributed by atoms with Crippen LogP contribution in [0, 0.1) is 6.92 Å². The third kappa shape index (κ3) is 2.03. The molecule has 3 heterocycles. The van der Waals surface area contributed by atoms with Gasteiger partial charge >= 0.3 is 0 Å². The monoisotopic (exact) mass is 287 g/mol. The standard InChI is InChI=1S/C17H13N5/c1-11-5-6-18-9-14(11)13-3-2-4-15-16(13)22-17(21-15)12-7-19-10-20-8-12/h2-10H,1H3,(H,21,22). The number of benzene rings is 1. The minimum atomic E-state index is 0.768. The van der Waals surface area contributed by atoms with E-state index in [0.717, 1.165) is 33.5 Å². The number of hydrogen-bond donors (Lipinski definition) is 1. The first kappa shape index (κ1) is 12.6. The number of hydrogen-bond acceptors (Lipinski definition) is 4. The van der Waals surface area contributed by atoms with E-state index in [9.17, 15) is 0 Å². The maximum absolute atomic E-state index is 4.74. The fourth-order valence-electron chi connectivity index (χ4n) is 2.55. The van der Waals surface area contributed by atoms with Gasteiger partial charge in [-0.05, 0) is 24.6 Å². The molecule has 0 aliphatic heterocycles. The topological polar surface area (TPSA) is 67.3 Å². The summed E-state index contributed by atoms with van der Waals surface area (Å²) in [7, 11) is 0. The van der Waals surface area contributed by atoms with Crippen LogP contribution >= 0.6 is 0 Å². The molecular weight excluding hydrogens is 274 g/mol. The number of rotatable bonds is 2. The number of H-pyrrole nitrogens is 1. The molecule has 0 fully saturated rings. The van der Waals surface area contributed by atoms with Crippen LogP contribution in [0.15, 0.2) is 55.4 Å². The Bertz CT molecular complexity index is 944. The van der Waals surface area contributed by atoms with E-state index in [2.05, 4.69) is 32.9 Å². The normalized spacial score (nSPS) is 11.0. The van der Waals surface area contributed by atoms with E-state index in [-0.39, 0.29) is 0 Å². The van der Waals surface area contributed by atoms with Crippen molar-refractivity contribution in [3.63, 3.8) is 0 Å². The first-order valence-electron chi connectivity index (χ1n) is 6.98. The van der Waals surface area contributed by atoms with Crippen LogP contribution in [-0.4, -0.2) is 24.9 Å². The molecule has 0 amide bonds. The van der Waals surface area contributed by atoms with E-state index in [1.807, 2.05) is 24.4 Å². The van der Waals surface area contributed by atoms with Gasteiger partial charge in [0.1, 0.15) is 12.2 Å². The van der Waals surface area contributed by atoms with Gasteiger partial charge in [0, 0.05) is 35.9 Å². The second-order valence-corrected chi connectivity index (χ2v) is 5.10. The Morgan fingerprint density at radius 2 is 1.77 bits per heavy atom. The first-order valence-corrected chi connectivity index (χ1v) is 6.98. The zero-order valence-corrected chi connectivity index (χ0v) is 12.0. The third-order valence-electron chi connectivity index (χ3n) is 3.68. The van der Waals surface area contributed by atoms with Crippen LogP contribution in [0.4, 0.5) is 0 Å². The van der Waals surface area contributed by atoms with Gasteiger partial charge in [0.15, 0.2) is 0 Å². The van der Waals surface area contributed by atoms with Gasteiger partial charge in [-0.3, -0.25) is 4.98 Å². The summed E-state index contributed by atoms with van der Waals surface area (Å²) in [5.41, 5.74) is 6.12. The first-order chi connectivity index (χ1) is 10.8. The average molecular weight is 287 g/mol. The number of aryl methyl sites for hydroxylation is 1. The molecule has 1 aromatic carbocycles. The van der Waals surface area contributed by atoms with Crippen LogP contribution in [-0.2, 0) is 0 Å². The van der Waals surface area contributed by atoms with Crippen molar-refractivity contribution in [2.24, 2.45) is 0 Å². The van der Waals surface area contributed by atoms with Crippen molar-refractivity contribution in [1.82, 2.24) is 24.9 Å². The lowest BCUT2D eigenvalue weighted by atomic mass is 10.0. The highest BCUT2D eigenvalue weighted by atomic mass is 14.9. The number of pyridine rings is 1. The molecule has 3 aromatic heterocycles. The van der Waals surface area contributed by atoms with Crippen molar-refractivity contribution in [3.8, 4) is 22.5 Å². The summed E-state index contributed by atoms with van der Waals surface area (Å²) in [5.74, 6) is 0.768. The van der Waals surface area contributed by atoms with Gasteiger partial charge in [0.05, 0.1) is 16.6 Å². The Balaban J connectivity index is 1.95. The highest BCUT2D eigenvalue weighted by Gasteiger charge is 2.12. The largest absolute Gasteiger partial charge is 0.338 e. The number of para-hydroxylation sites is 1. The van der Waals surface area contributed by atoms with Crippen LogP contribution < -0.4 is 0 Å². The van der Waals surface area contributed by atoms with Crippen LogP contribution in [0.5, 0.6) is 0 Å². The van der Waals surface area contributed by atoms with Gasteiger partial charge in [-0.15, -0.1) is 0 Å². The number of nitrogens with one attached hydrogen (secondary N) is 1. The summed E-state index contributed by atoms with van der Waals surface area (Å²) in [6.07, 6.45) is 8.69. The molecule has 0 aliphatic carbocycles. The predicted molar refractivity (Wildman–Crippen MR) is 85.1 cm³/mol. The Hall–Kier alpha value is -3.08. The van der Waals surface area contributed by atoms with Crippen molar-refractivity contribution >= 4 is 11.0 Å². The molecule has 0 aliphatic rings. The second-order valence-electron chi connectivity index (χ2n) is 5.10. The van der Waals surface area contributed by atoms with Gasteiger partial charge in [-0.25, -0.2) is 15.0 Å². The van der Waals surface area contributed by atoms with E-state index in [0.29, 0.717) is 0 Å². The predicted octanol–water partition coefficient (Wildman–Crippen LogP) is 3.39. The molecule has 0 bridgehead atoms. The summed E-state index contributed by atoms with van der Waals surface area (Å²) < 4.78 is 0. The van der Waals surface area contributed by atoms with Crippen LogP contribution in [0.1, 0.15) is 5.56 Å². The fraction of sp³-hybridized carbons (Fsp3) is 0.0588. The smallest absolute Gasteiger partial charge is 0.141 e. The lowest BCUT2D eigenvalue weighted by molar-refractivity contribution is 1.15. The Kier molecular flexibility index (Phi) is 2.89. The van der Waals surface area contributed by atoms with Crippen LogP contribution in [0.3, 0.4) is 0 Å². The van der Waals surface area contributed by atoms with Crippen molar-refractivity contribution in [1.29, 1.82) is 0 Å². The summed E-state index contributed by atoms with van der Waals surface area (Å²) in [4.78, 5) is 20.4. The molecule has 0 atom stereocenters. The second kappa shape index (κ2) is 5.04. The zero-order chi connectivity index (χ0) is 14.9. The molecule has 0 unspecified atom stereocenters. The number of fused-ring (bicyclic) bond motifs is 1. The number of aromatic amines is 1. The lowest BCUT2D eigenvalue weighted by Gasteiger charge is -2.05. The zero-order valence-electron chi connectivity index (χ0n) is 12.0. The van der Waals surface area contributed by atoms with E-state index < -0.39 is 0 Å². The molecule has 22 heavy (non-hydrogen) atoms. The highest BCUT2D eigenvalue weighted by Crippen LogP contribution is 2.30. The minimum absolute atomic E-state index is 0.768. The molecule has 1 N–H and O–H groups in total. The number of imidazole rings is 1. The lowest BCUT2D eigenvalue weighted by Crippen LogP contribution is -1.86. The van der Waals surface area contributed by atoms with Gasteiger partial charge in [0.2, 0.25) is 0 Å².